The molecule has 0 amide bonds. The van der Waals surface area contributed by atoms with E-state index in [1.165, 1.54) is 12.1 Å². The molecule has 0 radical (unpaired) electrons. The predicted molar refractivity (Wildman–Crippen MR) is 82.2 cm³/mol. The summed E-state index contributed by atoms with van der Waals surface area (Å²) in [6.07, 6.45) is 0.734. The minimum absolute atomic E-state index is 0.276. The van der Waals surface area contributed by atoms with Gasteiger partial charge in [0.2, 0.25) is 5.88 Å². The Kier molecular flexibility index (Phi) is 3.62. The maximum absolute atomic E-state index is 13.0. The molecule has 21 heavy (non-hydrogen) atoms. The third-order valence-corrected chi connectivity index (χ3v) is 3.58. The number of aryl methyl sites for hydroxylation is 1. The lowest BCUT2D eigenvalue weighted by Crippen LogP contribution is -2.04. The molecular formula is C17H17FN2O. The van der Waals surface area contributed by atoms with Crippen LogP contribution < -0.4 is 10.5 Å². The summed E-state index contributed by atoms with van der Waals surface area (Å²) < 4.78 is 21.0. The second-order valence-corrected chi connectivity index (χ2v) is 4.95. The number of hydrogen-bond donors (Lipinski definition) is 1. The van der Waals surface area contributed by atoms with E-state index >= 15 is 0 Å². The van der Waals surface area contributed by atoms with E-state index in [1.807, 2.05) is 29.8 Å². The molecule has 0 fully saturated rings. The fourth-order valence-electron chi connectivity index (χ4n) is 2.58. The Hall–Kier alpha value is -2.33. The normalized spacial score (nSPS) is 11.0. The lowest BCUT2D eigenvalue weighted by Gasteiger charge is -2.09. The fraction of sp³-hybridized carbons (Fsp3) is 0.176. The Morgan fingerprint density at radius 3 is 2.52 bits per heavy atom. The van der Waals surface area contributed by atoms with Gasteiger partial charge in [0.15, 0.2) is 0 Å². The van der Waals surface area contributed by atoms with Crippen molar-refractivity contribution in [1.29, 1.82) is 0 Å². The van der Waals surface area contributed by atoms with E-state index in [2.05, 4.69) is 6.07 Å². The fourth-order valence-corrected chi connectivity index (χ4v) is 2.58. The van der Waals surface area contributed by atoms with Gasteiger partial charge in [0.1, 0.15) is 11.6 Å². The highest BCUT2D eigenvalue weighted by Crippen LogP contribution is 2.34. The Balaban J connectivity index is 2.09. The van der Waals surface area contributed by atoms with Crippen LogP contribution in [-0.2, 0) is 13.5 Å². The number of rotatable bonds is 4. The van der Waals surface area contributed by atoms with Crippen molar-refractivity contribution in [1.82, 2.24) is 4.57 Å². The summed E-state index contributed by atoms with van der Waals surface area (Å²) in [4.78, 5) is 0. The van der Waals surface area contributed by atoms with E-state index in [1.54, 1.807) is 12.1 Å². The van der Waals surface area contributed by atoms with Gasteiger partial charge in [-0.1, -0.05) is 18.2 Å². The molecule has 0 saturated heterocycles. The van der Waals surface area contributed by atoms with Crippen molar-refractivity contribution in [3.05, 3.63) is 59.9 Å². The van der Waals surface area contributed by atoms with Crippen molar-refractivity contribution in [2.24, 2.45) is 12.8 Å². The van der Waals surface area contributed by atoms with Gasteiger partial charge >= 0.3 is 0 Å². The van der Waals surface area contributed by atoms with Gasteiger partial charge in [0.25, 0.3) is 0 Å². The molecule has 3 rings (SSSR count). The summed E-state index contributed by atoms with van der Waals surface area (Å²) in [5.74, 6) is 1.09. The zero-order chi connectivity index (χ0) is 14.8. The Morgan fingerprint density at radius 2 is 1.81 bits per heavy atom. The molecule has 108 valence electrons. The second-order valence-electron chi connectivity index (χ2n) is 4.95. The van der Waals surface area contributed by atoms with Crippen molar-refractivity contribution in [2.75, 3.05) is 6.54 Å². The van der Waals surface area contributed by atoms with E-state index in [0.717, 1.165) is 28.8 Å². The topological polar surface area (TPSA) is 40.2 Å². The Bertz CT molecular complexity index is 762. The summed E-state index contributed by atoms with van der Waals surface area (Å²) >= 11 is 0. The molecule has 4 heteroatoms. The number of nitrogens with two attached hydrogens (primary N) is 1. The number of para-hydroxylation sites is 1. The summed E-state index contributed by atoms with van der Waals surface area (Å²) in [5, 5.41) is 1.14. The van der Waals surface area contributed by atoms with Crippen molar-refractivity contribution in [2.45, 2.75) is 6.42 Å². The lowest BCUT2D eigenvalue weighted by atomic mass is 10.1. The van der Waals surface area contributed by atoms with Gasteiger partial charge in [-0.25, -0.2) is 4.39 Å². The van der Waals surface area contributed by atoms with E-state index in [-0.39, 0.29) is 5.82 Å². The summed E-state index contributed by atoms with van der Waals surface area (Å²) in [6.45, 7) is 0.549. The zero-order valence-electron chi connectivity index (χ0n) is 11.8. The number of halogens is 1. The van der Waals surface area contributed by atoms with E-state index in [9.17, 15) is 4.39 Å². The number of hydrogen-bond acceptors (Lipinski definition) is 2. The molecule has 0 aliphatic heterocycles. The van der Waals surface area contributed by atoms with Crippen LogP contribution >= 0.6 is 0 Å². The lowest BCUT2D eigenvalue weighted by molar-refractivity contribution is 0.439. The summed E-state index contributed by atoms with van der Waals surface area (Å²) in [5.41, 5.74) is 7.91. The molecule has 0 unspecified atom stereocenters. The average molecular weight is 284 g/mol. The minimum Gasteiger partial charge on any atom is -0.441 e. The number of nitrogens with zero attached hydrogens (tertiary/aromatic N) is 1. The first kappa shape index (κ1) is 13.6. The number of aromatic nitrogens is 1. The predicted octanol–water partition coefficient (Wildman–Crippen LogP) is 3.61. The zero-order valence-corrected chi connectivity index (χ0v) is 11.8. The van der Waals surface area contributed by atoms with Crippen molar-refractivity contribution in [3.63, 3.8) is 0 Å². The highest BCUT2D eigenvalue weighted by Gasteiger charge is 2.16. The molecule has 0 aliphatic carbocycles. The van der Waals surface area contributed by atoms with Crippen molar-refractivity contribution in [3.8, 4) is 11.6 Å². The van der Waals surface area contributed by atoms with Crippen LogP contribution in [0.3, 0.4) is 0 Å². The summed E-state index contributed by atoms with van der Waals surface area (Å²) in [7, 11) is 1.96. The second kappa shape index (κ2) is 5.58. The van der Waals surface area contributed by atoms with Gasteiger partial charge in [0, 0.05) is 18.0 Å². The van der Waals surface area contributed by atoms with E-state index in [0.29, 0.717) is 12.3 Å². The maximum atomic E-state index is 13.0. The first-order valence-electron chi connectivity index (χ1n) is 6.90. The largest absolute Gasteiger partial charge is 0.441 e. The van der Waals surface area contributed by atoms with E-state index in [4.69, 9.17) is 10.5 Å². The molecule has 0 bridgehead atoms. The first-order chi connectivity index (χ1) is 10.2. The standard InChI is InChI=1S/C17H17FN2O/c1-20-16-5-3-2-4-14(16)15(10-11-19)17(20)21-13-8-6-12(18)7-9-13/h2-9H,10-11,19H2,1H3. The number of fused-ring (bicyclic) bond motifs is 1. The van der Waals surface area contributed by atoms with Crippen LogP contribution in [0.25, 0.3) is 10.9 Å². The molecule has 0 saturated carbocycles. The molecule has 1 aromatic heterocycles. The van der Waals surface area contributed by atoms with Crippen LogP contribution in [0, 0.1) is 5.82 Å². The monoisotopic (exact) mass is 284 g/mol. The van der Waals surface area contributed by atoms with Crippen molar-refractivity contribution < 1.29 is 9.13 Å². The van der Waals surface area contributed by atoms with Gasteiger partial charge in [-0.15, -0.1) is 0 Å². The van der Waals surface area contributed by atoms with Crippen LogP contribution in [0.15, 0.2) is 48.5 Å². The summed E-state index contributed by atoms with van der Waals surface area (Å²) in [6, 6.07) is 14.1. The van der Waals surface area contributed by atoms with Crippen LogP contribution in [0.5, 0.6) is 11.6 Å². The SMILES string of the molecule is Cn1c(Oc2ccc(F)cc2)c(CCN)c2ccccc21. The smallest absolute Gasteiger partial charge is 0.204 e. The number of ether oxygens (including phenoxy) is 1. The van der Waals surface area contributed by atoms with Crippen molar-refractivity contribution >= 4 is 10.9 Å². The molecular weight excluding hydrogens is 267 g/mol. The Labute approximate surface area is 122 Å². The highest BCUT2D eigenvalue weighted by atomic mass is 19.1. The van der Waals surface area contributed by atoms with Gasteiger partial charge in [0.05, 0.1) is 5.52 Å². The van der Waals surface area contributed by atoms with Crippen LogP contribution in [0.4, 0.5) is 4.39 Å². The molecule has 2 N–H and O–H groups in total. The van der Waals surface area contributed by atoms with Gasteiger partial charge in [-0.3, -0.25) is 0 Å². The minimum atomic E-state index is -0.276. The average Bonchev–Trinajstić information content (AvgIpc) is 2.76. The highest BCUT2D eigenvalue weighted by molar-refractivity contribution is 5.87. The van der Waals surface area contributed by atoms with E-state index < -0.39 is 0 Å². The molecule has 3 aromatic rings. The van der Waals surface area contributed by atoms with Gasteiger partial charge in [-0.2, -0.15) is 0 Å². The quantitative estimate of drug-likeness (QED) is 0.795. The first-order valence-corrected chi connectivity index (χ1v) is 6.90. The van der Waals surface area contributed by atoms with Gasteiger partial charge < -0.3 is 15.0 Å². The molecule has 0 aliphatic rings. The third kappa shape index (κ3) is 2.50. The third-order valence-electron chi connectivity index (χ3n) is 3.58. The molecule has 0 atom stereocenters. The number of benzene rings is 2. The van der Waals surface area contributed by atoms with Crippen LogP contribution in [-0.4, -0.2) is 11.1 Å². The molecule has 0 spiro atoms. The molecule has 1 heterocycles. The maximum Gasteiger partial charge on any atom is 0.204 e. The molecule has 2 aromatic carbocycles. The van der Waals surface area contributed by atoms with Crippen LogP contribution in [0.2, 0.25) is 0 Å². The molecule has 3 nitrogen and oxygen atoms in total. The van der Waals surface area contributed by atoms with Crippen LogP contribution in [0.1, 0.15) is 5.56 Å². The Morgan fingerprint density at radius 1 is 1.10 bits per heavy atom. The van der Waals surface area contributed by atoms with Gasteiger partial charge in [-0.05, 0) is 43.3 Å².